The van der Waals surface area contributed by atoms with Crippen molar-refractivity contribution in [1.29, 1.82) is 0 Å². The fourth-order valence-corrected chi connectivity index (χ4v) is 8.21. The van der Waals surface area contributed by atoms with Gasteiger partial charge in [0.2, 0.25) is 0 Å². The first kappa shape index (κ1) is 59.5. The molecule has 0 aromatic carbocycles. The summed E-state index contributed by atoms with van der Waals surface area (Å²) >= 11 is 0. The van der Waals surface area contributed by atoms with Gasteiger partial charge in [-0.3, -0.25) is 18.6 Å². The molecule has 0 radical (unpaired) electrons. The summed E-state index contributed by atoms with van der Waals surface area (Å²) in [6.45, 7) is 3.77. The van der Waals surface area contributed by atoms with Crippen LogP contribution in [0, 0.1) is 0 Å². The number of esters is 2. The third-order valence-corrected chi connectivity index (χ3v) is 12.3. The van der Waals surface area contributed by atoms with Crippen molar-refractivity contribution >= 4 is 19.8 Å². The highest BCUT2D eigenvalue weighted by molar-refractivity contribution is 7.47. The van der Waals surface area contributed by atoms with Crippen LogP contribution in [0.2, 0.25) is 0 Å². The standard InChI is InChI=1S/C51H98NO8P/c1-3-5-7-9-11-13-15-17-19-21-23-24-26-28-30-32-34-36-38-40-42-44-51(54)60-49(48-59-61(55,56)58-46-45-52)47-57-50(53)43-41-39-37-35-33-31-29-27-25-22-20-18-16-14-12-10-8-6-4-2/h17-20,49H,3-16,21-48,52H2,1-2H3,(H,55,56)/b19-17-,20-18-/t49-/m1/s1. The van der Waals surface area contributed by atoms with Gasteiger partial charge in [0.15, 0.2) is 6.10 Å². The summed E-state index contributed by atoms with van der Waals surface area (Å²) in [6, 6.07) is 0. The Bertz CT molecular complexity index is 1050. The lowest BCUT2D eigenvalue weighted by atomic mass is 10.0. The molecule has 0 spiro atoms. The van der Waals surface area contributed by atoms with Gasteiger partial charge in [-0.2, -0.15) is 0 Å². The number of hydrogen-bond donors (Lipinski definition) is 2. The highest BCUT2D eigenvalue weighted by Gasteiger charge is 2.26. The van der Waals surface area contributed by atoms with Gasteiger partial charge in [-0.15, -0.1) is 0 Å². The maximum Gasteiger partial charge on any atom is 0.472 e. The number of rotatable bonds is 49. The summed E-state index contributed by atoms with van der Waals surface area (Å²) in [6.07, 6.45) is 53.5. The minimum atomic E-state index is -4.38. The number of hydrogen-bond acceptors (Lipinski definition) is 8. The topological polar surface area (TPSA) is 134 Å². The first-order chi connectivity index (χ1) is 29.8. The van der Waals surface area contributed by atoms with Crippen molar-refractivity contribution in [1.82, 2.24) is 0 Å². The van der Waals surface area contributed by atoms with E-state index in [4.69, 9.17) is 24.3 Å². The minimum absolute atomic E-state index is 0.0547. The Hall–Kier alpha value is -1.51. The number of carbonyl (C=O) groups excluding carboxylic acids is 2. The molecular formula is C51H98NO8P. The highest BCUT2D eigenvalue weighted by Crippen LogP contribution is 2.43. The molecule has 0 amide bonds. The molecule has 0 aromatic rings. The fraction of sp³-hybridized carbons (Fsp3) is 0.882. The van der Waals surface area contributed by atoms with E-state index in [0.717, 1.165) is 38.5 Å². The van der Waals surface area contributed by atoms with E-state index in [1.54, 1.807) is 0 Å². The molecule has 0 aliphatic carbocycles. The molecule has 0 rings (SSSR count). The Kier molecular flexibility index (Phi) is 46.8. The lowest BCUT2D eigenvalue weighted by molar-refractivity contribution is -0.161. The van der Waals surface area contributed by atoms with E-state index in [-0.39, 0.29) is 38.6 Å². The van der Waals surface area contributed by atoms with Gasteiger partial charge in [-0.1, -0.05) is 205 Å². The summed E-state index contributed by atoms with van der Waals surface area (Å²) in [7, 11) is -4.38. The summed E-state index contributed by atoms with van der Waals surface area (Å²) in [5, 5.41) is 0. The average Bonchev–Trinajstić information content (AvgIpc) is 3.25. The Balaban J connectivity index is 4.02. The van der Waals surface area contributed by atoms with E-state index in [9.17, 15) is 19.0 Å². The second-order valence-electron chi connectivity index (χ2n) is 17.4. The molecule has 0 bridgehead atoms. The van der Waals surface area contributed by atoms with Crippen molar-refractivity contribution in [3.05, 3.63) is 24.3 Å². The Morgan fingerprint density at radius 3 is 1.16 bits per heavy atom. The highest BCUT2D eigenvalue weighted by atomic mass is 31.2. The van der Waals surface area contributed by atoms with Crippen LogP contribution in [0.15, 0.2) is 24.3 Å². The minimum Gasteiger partial charge on any atom is -0.462 e. The largest absolute Gasteiger partial charge is 0.472 e. The Morgan fingerprint density at radius 1 is 0.475 bits per heavy atom. The van der Waals surface area contributed by atoms with Gasteiger partial charge in [0.05, 0.1) is 13.2 Å². The van der Waals surface area contributed by atoms with Crippen LogP contribution in [-0.2, 0) is 32.7 Å². The first-order valence-corrected chi connectivity index (χ1v) is 27.3. The van der Waals surface area contributed by atoms with E-state index >= 15 is 0 Å². The van der Waals surface area contributed by atoms with Crippen molar-refractivity contribution in [2.75, 3.05) is 26.4 Å². The second-order valence-corrected chi connectivity index (χ2v) is 18.8. The lowest BCUT2D eigenvalue weighted by Crippen LogP contribution is -2.29. The maximum atomic E-state index is 12.7. The quantitative estimate of drug-likeness (QED) is 0.0265. The maximum absolute atomic E-state index is 12.7. The molecule has 0 saturated heterocycles. The van der Waals surface area contributed by atoms with Gasteiger partial charge in [0, 0.05) is 19.4 Å². The van der Waals surface area contributed by atoms with Crippen LogP contribution < -0.4 is 5.73 Å². The molecule has 0 aromatic heterocycles. The summed E-state index contributed by atoms with van der Waals surface area (Å²) in [5.74, 6) is -0.820. The molecule has 2 atom stereocenters. The van der Waals surface area contributed by atoms with E-state index in [2.05, 4.69) is 38.2 Å². The molecule has 360 valence electrons. The van der Waals surface area contributed by atoms with Crippen LogP contribution in [-0.4, -0.2) is 49.3 Å². The fourth-order valence-electron chi connectivity index (χ4n) is 7.45. The predicted octanol–water partition coefficient (Wildman–Crippen LogP) is 15.5. The van der Waals surface area contributed by atoms with Crippen molar-refractivity contribution < 1.29 is 37.6 Å². The van der Waals surface area contributed by atoms with Crippen LogP contribution in [0.25, 0.3) is 0 Å². The zero-order valence-electron chi connectivity index (χ0n) is 39.9. The SMILES string of the molecule is CCCCCCCC/C=C\CCCCCCCCCCCCCC(=O)O[C@H](COC(=O)CCCCCCCCCCC/C=C\CCCCCCCC)COP(=O)(O)OCCN. The zero-order chi connectivity index (χ0) is 44.6. The molecular weight excluding hydrogens is 786 g/mol. The predicted molar refractivity (Wildman–Crippen MR) is 257 cm³/mol. The van der Waals surface area contributed by atoms with Crippen LogP contribution in [0.3, 0.4) is 0 Å². The molecule has 0 aliphatic heterocycles. The third kappa shape index (κ3) is 47.8. The number of allylic oxidation sites excluding steroid dienone is 4. The Morgan fingerprint density at radius 2 is 0.803 bits per heavy atom. The van der Waals surface area contributed by atoms with Crippen LogP contribution in [0.1, 0.15) is 258 Å². The summed E-state index contributed by atoms with van der Waals surface area (Å²) in [5.41, 5.74) is 5.37. The zero-order valence-corrected chi connectivity index (χ0v) is 40.8. The van der Waals surface area contributed by atoms with E-state index in [1.165, 1.54) is 186 Å². The van der Waals surface area contributed by atoms with Crippen LogP contribution in [0.5, 0.6) is 0 Å². The third-order valence-electron chi connectivity index (χ3n) is 11.3. The molecule has 1 unspecified atom stereocenters. The van der Waals surface area contributed by atoms with Crippen molar-refractivity contribution in [3.8, 4) is 0 Å². The van der Waals surface area contributed by atoms with Gasteiger partial charge in [0.1, 0.15) is 6.61 Å². The van der Waals surface area contributed by atoms with Crippen LogP contribution in [0.4, 0.5) is 0 Å². The van der Waals surface area contributed by atoms with Crippen LogP contribution >= 0.6 is 7.82 Å². The number of phosphoric acid groups is 1. The first-order valence-electron chi connectivity index (χ1n) is 25.8. The van der Waals surface area contributed by atoms with E-state index < -0.39 is 26.5 Å². The summed E-state index contributed by atoms with van der Waals surface area (Å²) < 4.78 is 32.9. The van der Waals surface area contributed by atoms with E-state index in [0.29, 0.717) is 6.42 Å². The normalized spacial score (nSPS) is 13.3. The van der Waals surface area contributed by atoms with Gasteiger partial charge in [0.25, 0.3) is 0 Å². The number of unbranched alkanes of at least 4 members (excludes halogenated alkanes) is 32. The van der Waals surface area contributed by atoms with Gasteiger partial charge in [-0.25, -0.2) is 4.57 Å². The van der Waals surface area contributed by atoms with E-state index in [1.807, 2.05) is 0 Å². The number of carbonyl (C=O) groups is 2. The number of nitrogens with two attached hydrogens (primary N) is 1. The molecule has 0 aliphatic rings. The smallest absolute Gasteiger partial charge is 0.462 e. The monoisotopic (exact) mass is 884 g/mol. The van der Waals surface area contributed by atoms with Gasteiger partial charge >= 0.3 is 19.8 Å². The molecule has 0 fully saturated rings. The van der Waals surface area contributed by atoms with Crippen molar-refractivity contribution in [2.24, 2.45) is 5.73 Å². The molecule has 0 saturated carbocycles. The van der Waals surface area contributed by atoms with Crippen molar-refractivity contribution in [2.45, 2.75) is 264 Å². The lowest BCUT2D eigenvalue weighted by Gasteiger charge is -2.19. The molecule has 9 nitrogen and oxygen atoms in total. The molecule has 3 N–H and O–H groups in total. The number of ether oxygens (including phenoxy) is 2. The summed E-state index contributed by atoms with van der Waals surface area (Å²) in [4.78, 5) is 35.1. The van der Waals surface area contributed by atoms with Gasteiger partial charge < -0.3 is 20.1 Å². The second kappa shape index (κ2) is 48.0. The molecule has 61 heavy (non-hydrogen) atoms. The Labute approximate surface area is 376 Å². The molecule has 10 heteroatoms. The average molecular weight is 884 g/mol. The van der Waals surface area contributed by atoms with Gasteiger partial charge in [-0.05, 0) is 64.2 Å². The van der Waals surface area contributed by atoms with Crippen molar-refractivity contribution in [3.63, 3.8) is 0 Å². The molecule has 0 heterocycles. The number of phosphoric ester groups is 1.